The first kappa shape index (κ1) is 21.0. The van der Waals surface area contributed by atoms with Gasteiger partial charge in [0.15, 0.2) is 0 Å². The minimum absolute atomic E-state index is 0.0921. The Morgan fingerprint density at radius 2 is 1.94 bits per heavy atom. The van der Waals surface area contributed by atoms with Crippen LogP contribution in [-0.4, -0.2) is 36.8 Å². The van der Waals surface area contributed by atoms with Crippen LogP contribution in [0.5, 0.6) is 0 Å². The molecule has 1 saturated carbocycles. The van der Waals surface area contributed by atoms with Crippen molar-refractivity contribution in [1.29, 1.82) is 0 Å². The van der Waals surface area contributed by atoms with Gasteiger partial charge in [-0.15, -0.1) is 0 Å². The first-order valence-corrected chi connectivity index (χ1v) is 12.4. The summed E-state index contributed by atoms with van der Waals surface area (Å²) in [4.78, 5) is 7.37. The number of hydrogen-bond acceptors (Lipinski definition) is 4. The molecular formula is C27H37N3O. The van der Waals surface area contributed by atoms with Crippen LogP contribution >= 0.6 is 0 Å². The van der Waals surface area contributed by atoms with Crippen molar-refractivity contribution in [2.24, 2.45) is 0 Å². The van der Waals surface area contributed by atoms with E-state index in [0.717, 1.165) is 45.5 Å². The van der Waals surface area contributed by atoms with Crippen molar-refractivity contribution >= 4 is 5.69 Å². The molecule has 4 nitrogen and oxygen atoms in total. The molecule has 1 unspecified atom stereocenters. The van der Waals surface area contributed by atoms with Gasteiger partial charge in [0.25, 0.3) is 0 Å². The fraction of sp³-hybridized carbons (Fsp3) is 0.593. The molecule has 0 radical (unpaired) electrons. The summed E-state index contributed by atoms with van der Waals surface area (Å²) in [5.41, 5.74) is 4.36. The lowest BCUT2D eigenvalue weighted by atomic mass is 9.68. The van der Waals surface area contributed by atoms with Crippen LogP contribution < -0.4 is 10.2 Å². The van der Waals surface area contributed by atoms with E-state index in [1.165, 1.54) is 49.0 Å². The highest BCUT2D eigenvalue weighted by atomic mass is 16.5. The standard InChI is InChI=1S/C27H37N3O/c1-2-30-19-12-23(22-9-3-4-10-24(22)30)28-18-15-26(25-11-5-8-17-29-25)16-20-31-27(21-26)13-6-7-14-27/h3-5,8-11,17,23,28H,2,6-7,12-16,18-21H2,1H3/t23?,26-/m1/s1. The van der Waals surface area contributed by atoms with Gasteiger partial charge in [-0.05, 0) is 75.8 Å². The first-order chi connectivity index (χ1) is 15.2. The minimum Gasteiger partial charge on any atom is -0.375 e. The third-order valence-corrected chi connectivity index (χ3v) is 8.09. The van der Waals surface area contributed by atoms with Crippen LogP contribution in [0.15, 0.2) is 48.7 Å². The van der Waals surface area contributed by atoms with Gasteiger partial charge in [0.1, 0.15) is 0 Å². The van der Waals surface area contributed by atoms with Gasteiger partial charge >= 0.3 is 0 Å². The number of aromatic nitrogens is 1. The summed E-state index contributed by atoms with van der Waals surface area (Å²) in [6.45, 7) is 6.36. The number of ether oxygens (including phenoxy) is 1. The largest absolute Gasteiger partial charge is 0.375 e. The van der Waals surface area contributed by atoms with Gasteiger partial charge in [-0.1, -0.05) is 37.1 Å². The maximum Gasteiger partial charge on any atom is 0.0691 e. The lowest BCUT2D eigenvalue weighted by Crippen LogP contribution is -2.47. The monoisotopic (exact) mass is 419 g/mol. The van der Waals surface area contributed by atoms with Crippen molar-refractivity contribution in [2.75, 3.05) is 31.1 Å². The number of para-hydroxylation sites is 1. The summed E-state index contributed by atoms with van der Waals surface area (Å²) >= 11 is 0. The van der Waals surface area contributed by atoms with E-state index in [1.807, 2.05) is 12.3 Å². The number of nitrogens with one attached hydrogen (secondary N) is 1. The van der Waals surface area contributed by atoms with E-state index in [0.29, 0.717) is 6.04 Å². The molecule has 3 aliphatic rings. The molecule has 1 aromatic heterocycles. The highest BCUT2D eigenvalue weighted by Gasteiger charge is 2.48. The van der Waals surface area contributed by atoms with Crippen molar-refractivity contribution in [3.05, 3.63) is 59.9 Å². The maximum absolute atomic E-state index is 6.42. The van der Waals surface area contributed by atoms with Gasteiger partial charge < -0.3 is 15.0 Å². The van der Waals surface area contributed by atoms with Crippen LogP contribution in [0.1, 0.15) is 75.6 Å². The van der Waals surface area contributed by atoms with Crippen LogP contribution in [0, 0.1) is 0 Å². The lowest BCUT2D eigenvalue weighted by Gasteiger charge is -2.46. The summed E-state index contributed by atoms with van der Waals surface area (Å²) < 4.78 is 6.42. The second kappa shape index (κ2) is 8.91. The molecule has 4 heteroatoms. The van der Waals surface area contributed by atoms with Crippen molar-refractivity contribution < 1.29 is 4.74 Å². The molecular weight excluding hydrogens is 382 g/mol. The predicted molar refractivity (Wildman–Crippen MR) is 127 cm³/mol. The Morgan fingerprint density at radius 1 is 1.10 bits per heavy atom. The van der Waals surface area contributed by atoms with Gasteiger partial charge in [-0.25, -0.2) is 0 Å². The zero-order valence-corrected chi connectivity index (χ0v) is 19.0. The molecule has 1 aliphatic carbocycles. The molecule has 1 spiro atoms. The lowest BCUT2D eigenvalue weighted by molar-refractivity contribution is -0.104. The summed E-state index contributed by atoms with van der Waals surface area (Å²) in [7, 11) is 0. The van der Waals surface area contributed by atoms with Crippen molar-refractivity contribution in [1.82, 2.24) is 10.3 Å². The predicted octanol–water partition coefficient (Wildman–Crippen LogP) is 5.39. The van der Waals surface area contributed by atoms with E-state index >= 15 is 0 Å². The van der Waals surface area contributed by atoms with E-state index in [9.17, 15) is 0 Å². The first-order valence-electron chi connectivity index (χ1n) is 12.4. The third-order valence-electron chi connectivity index (χ3n) is 8.09. The number of benzene rings is 1. The van der Waals surface area contributed by atoms with Gasteiger partial charge in [-0.3, -0.25) is 4.98 Å². The van der Waals surface area contributed by atoms with Crippen LogP contribution in [0.25, 0.3) is 0 Å². The Kier molecular flexibility index (Phi) is 6.03. The van der Waals surface area contributed by atoms with Gasteiger partial charge in [0.2, 0.25) is 0 Å². The van der Waals surface area contributed by atoms with Crippen molar-refractivity contribution in [2.45, 2.75) is 75.3 Å². The van der Waals surface area contributed by atoms with Gasteiger partial charge in [-0.2, -0.15) is 0 Å². The topological polar surface area (TPSA) is 37.4 Å². The number of anilines is 1. The third kappa shape index (κ3) is 4.12. The molecule has 2 atom stereocenters. The van der Waals surface area contributed by atoms with Crippen LogP contribution in [0.3, 0.4) is 0 Å². The zero-order chi connectivity index (χ0) is 21.2. The fourth-order valence-electron chi connectivity index (χ4n) is 6.45. The molecule has 2 fully saturated rings. The number of pyridine rings is 1. The molecule has 2 aromatic rings. The fourth-order valence-corrected chi connectivity index (χ4v) is 6.45. The number of fused-ring (bicyclic) bond motifs is 1. The SMILES string of the molecule is CCN1CCC(NCC[C@@]2(c3ccccn3)CCOC3(CCCC3)C2)c2ccccc21. The average molecular weight is 420 g/mol. The molecule has 31 heavy (non-hydrogen) atoms. The average Bonchev–Trinajstić information content (AvgIpc) is 3.27. The molecule has 3 heterocycles. The van der Waals surface area contributed by atoms with Crippen LogP contribution in [0.2, 0.25) is 0 Å². The van der Waals surface area contributed by atoms with Gasteiger partial charge in [0, 0.05) is 48.7 Å². The number of nitrogens with zero attached hydrogens (tertiary/aromatic N) is 2. The molecule has 0 bridgehead atoms. The molecule has 1 N–H and O–H groups in total. The Bertz CT molecular complexity index is 864. The number of rotatable bonds is 6. The summed E-state index contributed by atoms with van der Waals surface area (Å²) in [6, 6.07) is 15.8. The molecule has 0 amide bonds. The summed E-state index contributed by atoms with van der Waals surface area (Å²) in [6.07, 6.45) is 11.5. The highest BCUT2D eigenvalue weighted by Crippen LogP contribution is 2.49. The molecule has 5 rings (SSSR count). The van der Waals surface area contributed by atoms with Crippen molar-refractivity contribution in [3.63, 3.8) is 0 Å². The van der Waals surface area contributed by atoms with E-state index in [-0.39, 0.29) is 11.0 Å². The van der Waals surface area contributed by atoms with E-state index < -0.39 is 0 Å². The van der Waals surface area contributed by atoms with Crippen molar-refractivity contribution in [3.8, 4) is 0 Å². The van der Waals surface area contributed by atoms with Crippen LogP contribution in [-0.2, 0) is 10.2 Å². The normalized spacial score (nSPS) is 27.4. The second-order valence-corrected chi connectivity index (χ2v) is 9.84. The summed E-state index contributed by atoms with van der Waals surface area (Å²) in [5.74, 6) is 0. The smallest absolute Gasteiger partial charge is 0.0691 e. The highest BCUT2D eigenvalue weighted by molar-refractivity contribution is 5.56. The second-order valence-electron chi connectivity index (χ2n) is 9.84. The summed E-state index contributed by atoms with van der Waals surface area (Å²) in [5, 5.41) is 3.95. The van der Waals surface area contributed by atoms with Crippen LogP contribution in [0.4, 0.5) is 5.69 Å². The molecule has 1 saturated heterocycles. The van der Waals surface area contributed by atoms with E-state index in [2.05, 4.69) is 53.5 Å². The Hall–Kier alpha value is -1.91. The Labute approximate surface area is 187 Å². The molecule has 1 aromatic carbocycles. The molecule has 2 aliphatic heterocycles. The quantitative estimate of drug-likeness (QED) is 0.681. The Balaban J connectivity index is 1.33. The Morgan fingerprint density at radius 3 is 2.74 bits per heavy atom. The van der Waals surface area contributed by atoms with E-state index in [1.54, 1.807) is 0 Å². The van der Waals surface area contributed by atoms with E-state index in [4.69, 9.17) is 9.72 Å². The van der Waals surface area contributed by atoms with Gasteiger partial charge in [0.05, 0.1) is 5.60 Å². The zero-order valence-electron chi connectivity index (χ0n) is 19.0. The molecule has 166 valence electrons. The maximum atomic E-state index is 6.42. The number of hydrogen-bond donors (Lipinski definition) is 1. The minimum atomic E-state index is 0.0921.